The zero-order valence-electron chi connectivity index (χ0n) is 12.3. The minimum absolute atomic E-state index is 0.752. The number of nitrogens with zero attached hydrogens (tertiary/aromatic N) is 2. The Morgan fingerprint density at radius 1 is 1.30 bits per heavy atom. The molecule has 2 aliphatic rings. The number of rotatable bonds is 9. The molecule has 4 nitrogen and oxygen atoms in total. The summed E-state index contributed by atoms with van der Waals surface area (Å²) < 4.78 is 5.02. The van der Waals surface area contributed by atoms with Crippen LogP contribution in [0.5, 0.6) is 0 Å². The van der Waals surface area contributed by atoms with E-state index >= 15 is 0 Å². The SMILES string of the molecule is COCCNCc1ccc(N(CC2CC2)C2CC2)nc1. The standard InChI is InChI=1S/C16H25N3O/c1-20-9-8-17-10-14-4-7-16(18-11-14)19(15-5-6-15)12-13-2-3-13/h4,7,11,13,15,17H,2-3,5-6,8-10,12H2,1H3. The first kappa shape index (κ1) is 13.8. The Morgan fingerprint density at radius 3 is 2.75 bits per heavy atom. The van der Waals surface area contributed by atoms with E-state index in [4.69, 9.17) is 4.74 Å². The van der Waals surface area contributed by atoms with Crippen molar-refractivity contribution in [2.24, 2.45) is 5.92 Å². The molecular formula is C16H25N3O. The molecule has 0 aliphatic heterocycles. The molecule has 0 bridgehead atoms. The van der Waals surface area contributed by atoms with Gasteiger partial charge in [-0.2, -0.15) is 0 Å². The summed E-state index contributed by atoms with van der Waals surface area (Å²) >= 11 is 0. The molecule has 110 valence electrons. The predicted octanol–water partition coefficient (Wildman–Crippen LogP) is 2.20. The summed E-state index contributed by atoms with van der Waals surface area (Å²) in [6, 6.07) is 5.15. The van der Waals surface area contributed by atoms with Crippen LogP contribution in [-0.2, 0) is 11.3 Å². The van der Waals surface area contributed by atoms with Crippen molar-refractivity contribution < 1.29 is 4.74 Å². The van der Waals surface area contributed by atoms with E-state index in [1.54, 1.807) is 7.11 Å². The van der Waals surface area contributed by atoms with Crippen molar-refractivity contribution in [3.63, 3.8) is 0 Å². The summed E-state index contributed by atoms with van der Waals surface area (Å²) in [6.07, 6.45) is 7.51. The molecule has 2 aliphatic carbocycles. The lowest BCUT2D eigenvalue weighted by Gasteiger charge is -2.23. The molecule has 0 saturated heterocycles. The Morgan fingerprint density at radius 2 is 2.15 bits per heavy atom. The second-order valence-corrected chi connectivity index (χ2v) is 6.02. The predicted molar refractivity (Wildman–Crippen MR) is 80.9 cm³/mol. The van der Waals surface area contributed by atoms with Gasteiger partial charge in [0.15, 0.2) is 0 Å². The number of aromatic nitrogens is 1. The van der Waals surface area contributed by atoms with Crippen LogP contribution in [0.25, 0.3) is 0 Å². The molecule has 0 amide bonds. The van der Waals surface area contributed by atoms with Gasteiger partial charge in [0.2, 0.25) is 0 Å². The topological polar surface area (TPSA) is 37.4 Å². The maximum atomic E-state index is 5.02. The highest BCUT2D eigenvalue weighted by Crippen LogP contribution is 2.36. The van der Waals surface area contributed by atoms with Crippen LogP contribution in [0.3, 0.4) is 0 Å². The average molecular weight is 275 g/mol. The summed E-state index contributed by atoms with van der Waals surface area (Å²) in [6.45, 7) is 3.71. The fraction of sp³-hybridized carbons (Fsp3) is 0.688. The number of nitrogens with one attached hydrogen (secondary N) is 1. The van der Waals surface area contributed by atoms with Gasteiger partial charge in [-0.3, -0.25) is 0 Å². The van der Waals surface area contributed by atoms with E-state index in [-0.39, 0.29) is 0 Å². The third kappa shape index (κ3) is 3.93. The molecule has 0 unspecified atom stereocenters. The van der Waals surface area contributed by atoms with Gasteiger partial charge in [0.1, 0.15) is 5.82 Å². The van der Waals surface area contributed by atoms with E-state index in [9.17, 15) is 0 Å². The van der Waals surface area contributed by atoms with Crippen LogP contribution >= 0.6 is 0 Å². The first-order chi connectivity index (χ1) is 9.86. The Labute approximate surface area is 121 Å². The van der Waals surface area contributed by atoms with E-state index in [1.165, 1.54) is 43.6 Å². The van der Waals surface area contributed by atoms with Crippen LogP contribution in [0.4, 0.5) is 5.82 Å². The van der Waals surface area contributed by atoms with Gasteiger partial charge < -0.3 is 15.0 Å². The first-order valence-corrected chi connectivity index (χ1v) is 7.78. The average Bonchev–Trinajstić information content (AvgIpc) is 3.36. The molecule has 0 spiro atoms. The van der Waals surface area contributed by atoms with Crippen molar-refractivity contribution in [3.8, 4) is 0 Å². The molecule has 4 heteroatoms. The molecule has 0 atom stereocenters. The van der Waals surface area contributed by atoms with Crippen LogP contribution in [0.15, 0.2) is 18.3 Å². The number of ether oxygens (including phenoxy) is 1. The van der Waals surface area contributed by atoms with Crippen molar-refractivity contribution in [3.05, 3.63) is 23.9 Å². The molecule has 0 aromatic carbocycles. The van der Waals surface area contributed by atoms with Gasteiger partial charge in [-0.25, -0.2) is 4.98 Å². The smallest absolute Gasteiger partial charge is 0.128 e. The van der Waals surface area contributed by atoms with E-state index < -0.39 is 0 Å². The fourth-order valence-electron chi connectivity index (χ4n) is 2.49. The molecule has 1 aromatic heterocycles. The van der Waals surface area contributed by atoms with Crippen molar-refractivity contribution in [1.29, 1.82) is 0 Å². The molecular weight excluding hydrogens is 250 g/mol. The van der Waals surface area contributed by atoms with Crippen LogP contribution in [0.1, 0.15) is 31.2 Å². The van der Waals surface area contributed by atoms with Crippen molar-refractivity contribution in [1.82, 2.24) is 10.3 Å². The van der Waals surface area contributed by atoms with Crippen LogP contribution < -0.4 is 10.2 Å². The third-order valence-corrected chi connectivity index (χ3v) is 4.05. The van der Waals surface area contributed by atoms with Gasteiger partial charge in [-0.05, 0) is 43.2 Å². The molecule has 2 saturated carbocycles. The number of anilines is 1. The maximum absolute atomic E-state index is 5.02. The second-order valence-electron chi connectivity index (χ2n) is 6.02. The Balaban J connectivity index is 1.53. The minimum atomic E-state index is 0.752. The van der Waals surface area contributed by atoms with E-state index in [0.29, 0.717) is 0 Å². The van der Waals surface area contributed by atoms with E-state index in [1.807, 2.05) is 6.20 Å². The molecule has 1 N–H and O–H groups in total. The summed E-state index contributed by atoms with van der Waals surface area (Å²) in [5.41, 5.74) is 1.24. The van der Waals surface area contributed by atoms with Gasteiger partial charge in [0, 0.05) is 39.0 Å². The molecule has 1 heterocycles. The lowest BCUT2D eigenvalue weighted by molar-refractivity contribution is 0.199. The summed E-state index contributed by atoms with van der Waals surface area (Å²) in [5, 5.41) is 3.35. The Hall–Kier alpha value is -1.13. The van der Waals surface area contributed by atoms with Gasteiger partial charge in [-0.15, -0.1) is 0 Å². The van der Waals surface area contributed by atoms with Gasteiger partial charge in [-0.1, -0.05) is 6.07 Å². The zero-order valence-corrected chi connectivity index (χ0v) is 12.3. The highest BCUT2D eigenvalue weighted by molar-refractivity contribution is 5.42. The van der Waals surface area contributed by atoms with Crippen molar-refractivity contribution >= 4 is 5.82 Å². The van der Waals surface area contributed by atoms with Gasteiger partial charge >= 0.3 is 0 Å². The molecule has 0 radical (unpaired) electrons. The molecule has 2 fully saturated rings. The lowest BCUT2D eigenvalue weighted by atomic mass is 10.2. The lowest BCUT2D eigenvalue weighted by Crippen LogP contribution is -2.28. The van der Waals surface area contributed by atoms with Crippen molar-refractivity contribution in [2.45, 2.75) is 38.3 Å². The first-order valence-electron chi connectivity index (χ1n) is 7.78. The monoisotopic (exact) mass is 275 g/mol. The number of pyridine rings is 1. The molecule has 20 heavy (non-hydrogen) atoms. The largest absolute Gasteiger partial charge is 0.383 e. The number of hydrogen-bond donors (Lipinski definition) is 1. The highest BCUT2D eigenvalue weighted by atomic mass is 16.5. The van der Waals surface area contributed by atoms with Crippen LogP contribution in [-0.4, -0.2) is 37.8 Å². The third-order valence-electron chi connectivity index (χ3n) is 4.05. The Kier molecular flexibility index (Phi) is 4.53. The molecule has 1 aromatic rings. The fourth-order valence-corrected chi connectivity index (χ4v) is 2.49. The summed E-state index contributed by atoms with van der Waals surface area (Å²) in [7, 11) is 1.73. The summed E-state index contributed by atoms with van der Waals surface area (Å²) in [5.74, 6) is 2.09. The maximum Gasteiger partial charge on any atom is 0.128 e. The van der Waals surface area contributed by atoms with Crippen LogP contribution in [0, 0.1) is 5.92 Å². The number of methoxy groups -OCH3 is 1. The quantitative estimate of drug-likeness (QED) is 0.701. The van der Waals surface area contributed by atoms with Gasteiger partial charge in [0.05, 0.1) is 6.61 Å². The molecule has 3 rings (SSSR count). The number of hydrogen-bond acceptors (Lipinski definition) is 4. The van der Waals surface area contributed by atoms with Gasteiger partial charge in [0.25, 0.3) is 0 Å². The van der Waals surface area contributed by atoms with E-state index in [2.05, 4.69) is 27.3 Å². The minimum Gasteiger partial charge on any atom is -0.383 e. The Bertz CT molecular complexity index is 412. The normalized spacial score (nSPS) is 18.2. The highest BCUT2D eigenvalue weighted by Gasteiger charge is 2.34. The summed E-state index contributed by atoms with van der Waals surface area (Å²) in [4.78, 5) is 7.20. The van der Waals surface area contributed by atoms with Crippen molar-refractivity contribution in [2.75, 3.05) is 31.7 Å². The van der Waals surface area contributed by atoms with E-state index in [0.717, 1.165) is 31.7 Å². The zero-order chi connectivity index (χ0) is 13.8. The van der Waals surface area contributed by atoms with Crippen LogP contribution in [0.2, 0.25) is 0 Å². The second kappa shape index (κ2) is 6.55.